The summed E-state index contributed by atoms with van der Waals surface area (Å²) in [6.07, 6.45) is 0. The second kappa shape index (κ2) is 6.54. The van der Waals surface area contributed by atoms with Crippen molar-refractivity contribution in [3.8, 4) is 21.8 Å². The number of hydrogen-bond donors (Lipinski definition) is 1. The van der Waals surface area contributed by atoms with Gasteiger partial charge in [0.1, 0.15) is 16.2 Å². The first kappa shape index (κ1) is 17.1. The number of para-hydroxylation sites is 1. The van der Waals surface area contributed by atoms with Crippen LogP contribution in [0, 0.1) is 5.41 Å². The highest BCUT2D eigenvalue weighted by atomic mass is 79.9. The molecule has 1 N–H and O–H groups in total. The van der Waals surface area contributed by atoms with Crippen molar-refractivity contribution in [3.63, 3.8) is 0 Å². The zero-order chi connectivity index (χ0) is 19.3. The molecule has 0 aliphatic carbocycles. The maximum absolute atomic E-state index is 12.4. The van der Waals surface area contributed by atoms with E-state index in [1.54, 1.807) is 17.5 Å². The molecule has 0 bridgehead atoms. The van der Waals surface area contributed by atoms with Gasteiger partial charge in [-0.15, -0.1) is 11.3 Å². The number of nitrogens with zero attached hydrogens (tertiary/aromatic N) is 1. The quantitative estimate of drug-likeness (QED) is 0.356. The Morgan fingerprint density at radius 2 is 1.71 bits per heavy atom. The molecule has 3 heterocycles. The van der Waals surface area contributed by atoms with E-state index in [0.717, 1.165) is 15.2 Å². The van der Waals surface area contributed by atoms with Crippen LogP contribution in [0.4, 0.5) is 0 Å². The van der Waals surface area contributed by atoms with Gasteiger partial charge in [-0.25, -0.2) is 9.78 Å². The molecule has 0 saturated carbocycles. The number of benzene rings is 2. The number of rotatable bonds is 2. The van der Waals surface area contributed by atoms with Crippen molar-refractivity contribution in [2.75, 3.05) is 0 Å². The van der Waals surface area contributed by atoms with Gasteiger partial charge >= 0.3 is 5.63 Å². The molecule has 2 aromatic carbocycles. The fourth-order valence-electron chi connectivity index (χ4n) is 3.03. The predicted molar refractivity (Wildman–Crippen MR) is 112 cm³/mol. The van der Waals surface area contributed by atoms with Gasteiger partial charge in [0.05, 0.1) is 16.8 Å². The monoisotopic (exact) mass is 450 g/mol. The molecule has 28 heavy (non-hydrogen) atoms. The Bertz CT molecular complexity index is 1480. The Morgan fingerprint density at radius 1 is 0.929 bits per heavy atom. The Labute approximate surface area is 170 Å². The van der Waals surface area contributed by atoms with Gasteiger partial charge in [-0.1, -0.05) is 34.1 Å². The van der Waals surface area contributed by atoms with Crippen molar-refractivity contribution in [2.24, 2.45) is 0 Å². The average Bonchev–Trinajstić information content (AvgIpc) is 3.17. The van der Waals surface area contributed by atoms with E-state index in [9.17, 15) is 4.79 Å². The molecule has 0 aliphatic rings. The number of nitrogens with one attached hydrogen (secondary N) is 1. The lowest BCUT2D eigenvalue weighted by Crippen LogP contribution is -2.04. The van der Waals surface area contributed by atoms with Gasteiger partial charge in [0.2, 0.25) is 5.55 Å². The molecule has 0 aliphatic heterocycles. The van der Waals surface area contributed by atoms with Gasteiger partial charge in [-0.05, 0) is 36.4 Å². The van der Waals surface area contributed by atoms with Gasteiger partial charge in [-0.2, -0.15) is 0 Å². The molecular weight excluding hydrogens is 440 g/mol. The second-order valence-corrected chi connectivity index (χ2v) is 7.97. The van der Waals surface area contributed by atoms with E-state index < -0.39 is 5.63 Å². The highest BCUT2D eigenvalue weighted by Crippen LogP contribution is 2.29. The molecule has 0 atom stereocenters. The van der Waals surface area contributed by atoms with Crippen molar-refractivity contribution in [1.82, 2.24) is 4.98 Å². The van der Waals surface area contributed by atoms with Crippen LogP contribution in [0.1, 0.15) is 0 Å². The van der Waals surface area contributed by atoms with Crippen molar-refractivity contribution in [1.29, 1.82) is 5.41 Å². The van der Waals surface area contributed by atoms with Crippen LogP contribution < -0.4 is 11.2 Å². The molecular formula is C21H11BrN2O3S. The van der Waals surface area contributed by atoms with Gasteiger partial charge < -0.3 is 8.83 Å². The number of thiazole rings is 1. The molecule has 0 saturated heterocycles. The zero-order valence-electron chi connectivity index (χ0n) is 14.2. The predicted octanol–water partition coefficient (Wildman–Crippen LogP) is 5.57. The maximum Gasteiger partial charge on any atom is 0.345 e. The minimum atomic E-state index is -0.444. The van der Waals surface area contributed by atoms with Crippen LogP contribution in [0.3, 0.4) is 0 Å². The molecule has 0 amide bonds. The summed E-state index contributed by atoms with van der Waals surface area (Å²) in [5, 5.41) is 12.3. The number of aromatic nitrogens is 1. The van der Waals surface area contributed by atoms with E-state index >= 15 is 0 Å². The van der Waals surface area contributed by atoms with E-state index in [4.69, 9.17) is 14.2 Å². The normalized spacial score (nSPS) is 11.3. The lowest BCUT2D eigenvalue weighted by molar-refractivity contribution is 0.536. The average molecular weight is 451 g/mol. The van der Waals surface area contributed by atoms with Crippen molar-refractivity contribution in [2.45, 2.75) is 0 Å². The standard InChI is InChI=1S/C21H11BrN2O3S/c22-13-5-6-18-12(7-13)9-14(21(25)27-18)16-10-28-20(24-16)15-8-11-3-1-2-4-17(11)26-19(15)23/h1-10,23H. The summed E-state index contributed by atoms with van der Waals surface area (Å²) < 4.78 is 11.9. The number of fused-ring (bicyclic) bond motifs is 2. The SMILES string of the molecule is N=c1oc2ccccc2cc1-c1nc(-c2cc3cc(Br)ccc3oc2=O)cs1. The maximum atomic E-state index is 12.4. The van der Waals surface area contributed by atoms with E-state index in [0.29, 0.717) is 33.0 Å². The van der Waals surface area contributed by atoms with E-state index in [-0.39, 0.29) is 5.55 Å². The van der Waals surface area contributed by atoms with Crippen LogP contribution in [-0.4, -0.2) is 4.98 Å². The molecule has 5 rings (SSSR count). The molecule has 7 heteroatoms. The highest BCUT2D eigenvalue weighted by Gasteiger charge is 2.15. The molecule has 0 fully saturated rings. The summed E-state index contributed by atoms with van der Waals surface area (Å²) in [6, 6.07) is 16.6. The number of halogens is 1. The molecule has 0 radical (unpaired) electrons. The van der Waals surface area contributed by atoms with Crippen LogP contribution in [-0.2, 0) is 0 Å². The lowest BCUT2D eigenvalue weighted by Gasteiger charge is -2.01. The fraction of sp³-hybridized carbons (Fsp3) is 0. The minimum Gasteiger partial charge on any atom is -0.438 e. The topological polar surface area (TPSA) is 80.1 Å². The van der Waals surface area contributed by atoms with Crippen LogP contribution in [0.15, 0.2) is 78.1 Å². The summed E-state index contributed by atoms with van der Waals surface area (Å²) >= 11 is 4.79. The first-order chi connectivity index (χ1) is 13.6. The number of hydrogen-bond acceptors (Lipinski definition) is 6. The largest absolute Gasteiger partial charge is 0.438 e. The molecule has 5 aromatic rings. The van der Waals surface area contributed by atoms with E-state index in [1.807, 2.05) is 42.5 Å². The summed E-state index contributed by atoms with van der Waals surface area (Å²) in [5.74, 6) is 0. The van der Waals surface area contributed by atoms with Crippen molar-refractivity contribution < 1.29 is 8.83 Å². The summed E-state index contributed by atoms with van der Waals surface area (Å²) in [7, 11) is 0. The molecule has 0 spiro atoms. The molecule has 0 unspecified atom stereocenters. The third-order valence-electron chi connectivity index (χ3n) is 4.38. The Morgan fingerprint density at radius 3 is 2.61 bits per heavy atom. The third kappa shape index (κ3) is 2.89. The Hall–Kier alpha value is -3.03. The fourth-order valence-corrected chi connectivity index (χ4v) is 4.24. The first-order valence-corrected chi connectivity index (χ1v) is 10.0. The van der Waals surface area contributed by atoms with Gasteiger partial charge in [0.15, 0.2) is 0 Å². The highest BCUT2D eigenvalue weighted by molar-refractivity contribution is 9.10. The van der Waals surface area contributed by atoms with Crippen LogP contribution in [0.25, 0.3) is 43.8 Å². The van der Waals surface area contributed by atoms with Crippen LogP contribution >= 0.6 is 27.3 Å². The lowest BCUT2D eigenvalue weighted by atomic mass is 10.1. The summed E-state index contributed by atoms with van der Waals surface area (Å²) in [5.41, 5.74) is 2.25. The molecule has 3 aromatic heterocycles. The molecule has 5 nitrogen and oxygen atoms in total. The first-order valence-electron chi connectivity index (χ1n) is 8.36. The van der Waals surface area contributed by atoms with Gasteiger partial charge in [0.25, 0.3) is 0 Å². The molecule has 136 valence electrons. The minimum absolute atomic E-state index is 0.0362. The Kier molecular flexibility index (Phi) is 3.99. The van der Waals surface area contributed by atoms with Crippen molar-refractivity contribution in [3.05, 3.63) is 80.4 Å². The van der Waals surface area contributed by atoms with E-state index in [1.165, 1.54) is 11.3 Å². The van der Waals surface area contributed by atoms with Gasteiger partial charge in [-0.3, -0.25) is 5.41 Å². The summed E-state index contributed by atoms with van der Waals surface area (Å²) in [4.78, 5) is 17.0. The van der Waals surface area contributed by atoms with Crippen LogP contribution in [0.2, 0.25) is 0 Å². The smallest absolute Gasteiger partial charge is 0.345 e. The van der Waals surface area contributed by atoms with E-state index in [2.05, 4.69) is 20.9 Å². The third-order valence-corrected chi connectivity index (χ3v) is 5.75. The summed E-state index contributed by atoms with van der Waals surface area (Å²) in [6.45, 7) is 0. The van der Waals surface area contributed by atoms with Gasteiger partial charge in [0, 0.05) is 20.6 Å². The zero-order valence-corrected chi connectivity index (χ0v) is 16.6. The Balaban J connectivity index is 1.65. The van der Waals surface area contributed by atoms with Crippen LogP contribution in [0.5, 0.6) is 0 Å². The second-order valence-electron chi connectivity index (χ2n) is 6.19. The van der Waals surface area contributed by atoms with Crippen molar-refractivity contribution >= 4 is 49.2 Å².